The standard InChI is InChI=1S/C27H34ClN5O4/c1-6-20(34)15-36-24-11-18-10-19(8-9-23(18)33(16(3)4)26(24)35)30-25-22(28)12-29-27(31-25)32-13-17(5)37-21(7-2)14-32/h8-12,16-17,21H,6-7,13-15H2,1-5H3,(H,29,30,31)/t17-,21?/m0/s1. The predicted molar refractivity (Wildman–Crippen MR) is 147 cm³/mol. The van der Waals surface area contributed by atoms with E-state index in [1.54, 1.807) is 23.8 Å². The van der Waals surface area contributed by atoms with Gasteiger partial charge in [0.25, 0.3) is 5.56 Å². The first-order valence-corrected chi connectivity index (χ1v) is 13.1. The van der Waals surface area contributed by atoms with Crippen LogP contribution in [0.15, 0.2) is 35.3 Å². The fraction of sp³-hybridized carbons (Fsp3) is 0.481. The number of ketones is 1. The number of fused-ring (bicyclic) bond motifs is 1. The summed E-state index contributed by atoms with van der Waals surface area (Å²) in [5, 5.41) is 4.48. The molecule has 3 aromatic rings. The molecule has 1 unspecified atom stereocenters. The van der Waals surface area contributed by atoms with Gasteiger partial charge in [-0.3, -0.25) is 9.59 Å². The number of hydrogen-bond acceptors (Lipinski definition) is 8. The molecule has 1 aliphatic rings. The summed E-state index contributed by atoms with van der Waals surface area (Å²) in [6, 6.07) is 7.25. The van der Waals surface area contributed by atoms with E-state index in [4.69, 9.17) is 26.1 Å². The van der Waals surface area contributed by atoms with Gasteiger partial charge in [-0.2, -0.15) is 4.98 Å². The molecule has 2 atom stereocenters. The summed E-state index contributed by atoms with van der Waals surface area (Å²) in [5.74, 6) is 1.15. The highest BCUT2D eigenvalue weighted by Crippen LogP contribution is 2.29. The third-order valence-electron chi connectivity index (χ3n) is 6.36. The van der Waals surface area contributed by atoms with Crippen molar-refractivity contribution < 1.29 is 14.3 Å². The quantitative estimate of drug-likeness (QED) is 0.409. The zero-order valence-corrected chi connectivity index (χ0v) is 22.7. The van der Waals surface area contributed by atoms with E-state index in [1.165, 1.54) is 0 Å². The van der Waals surface area contributed by atoms with Crippen molar-refractivity contribution in [1.29, 1.82) is 0 Å². The van der Waals surface area contributed by atoms with Crippen molar-refractivity contribution >= 4 is 45.7 Å². The maximum absolute atomic E-state index is 13.1. The van der Waals surface area contributed by atoms with E-state index < -0.39 is 0 Å². The Balaban J connectivity index is 1.66. The number of carbonyl (C=O) groups is 1. The first kappa shape index (κ1) is 26.9. The molecule has 1 saturated heterocycles. The third kappa shape index (κ3) is 6.05. The van der Waals surface area contributed by atoms with E-state index in [9.17, 15) is 9.59 Å². The summed E-state index contributed by atoms with van der Waals surface area (Å²) in [6.07, 6.45) is 3.07. The number of hydrogen-bond donors (Lipinski definition) is 1. The monoisotopic (exact) mass is 527 g/mol. The number of halogens is 1. The van der Waals surface area contributed by atoms with Gasteiger partial charge in [0.05, 0.1) is 23.9 Å². The molecule has 1 fully saturated rings. The normalized spacial score (nSPS) is 17.9. The lowest BCUT2D eigenvalue weighted by Gasteiger charge is -2.36. The van der Waals surface area contributed by atoms with Gasteiger partial charge in [0.1, 0.15) is 11.6 Å². The summed E-state index contributed by atoms with van der Waals surface area (Å²) in [6.45, 7) is 11.1. The Kier molecular flexibility index (Phi) is 8.34. The smallest absolute Gasteiger partial charge is 0.293 e. The summed E-state index contributed by atoms with van der Waals surface area (Å²) >= 11 is 6.46. The number of carbonyl (C=O) groups excluding carboxylic acids is 1. The van der Waals surface area contributed by atoms with Crippen LogP contribution in [0.2, 0.25) is 5.02 Å². The fourth-order valence-corrected chi connectivity index (χ4v) is 4.58. The van der Waals surface area contributed by atoms with E-state index in [2.05, 4.69) is 22.1 Å². The number of nitrogens with one attached hydrogen (secondary N) is 1. The minimum atomic E-state index is -0.263. The van der Waals surface area contributed by atoms with Crippen molar-refractivity contribution in [3.63, 3.8) is 0 Å². The highest BCUT2D eigenvalue weighted by Gasteiger charge is 2.26. The van der Waals surface area contributed by atoms with Crippen molar-refractivity contribution in [3.8, 4) is 5.75 Å². The van der Waals surface area contributed by atoms with Gasteiger partial charge >= 0.3 is 0 Å². The highest BCUT2D eigenvalue weighted by atomic mass is 35.5. The second-order valence-corrected chi connectivity index (χ2v) is 10.0. The molecule has 3 heterocycles. The second kappa shape index (κ2) is 11.5. The molecule has 37 heavy (non-hydrogen) atoms. The van der Waals surface area contributed by atoms with Crippen molar-refractivity contribution in [1.82, 2.24) is 14.5 Å². The van der Waals surface area contributed by atoms with Gasteiger partial charge in [-0.1, -0.05) is 25.4 Å². The predicted octanol–water partition coefficient (Wildman–Crippen LogP) is 5.13. The maximum Gasteiger partial charge on any atom is 0.293 e. The number of benzene rings is 1. The van der Waals surface area contributed by atoms with Crippen molar-refractivity contribution in [2.75, 3.05) is 29.9 Å². The lowest BCUT2D eigenvalue weighted by atomic mass is 10.1. The van der Waals surface area contributed by atoms with Crippen molar-refractivity contribution in [2.24, 2.45) is 0 Å². The number of aromatic nitrogens is 3. The van der Waals surface area contributed by atoms with Gasteiger partial charge in [-0.05, 0) is 51.5 Å². The third-order valence-corrected chi connectivity index (χ3v) is 6.64. The highest BCUT2D eigenvalue weighted by molar-refractivity contribution is 6.32. The number of pyridine rings is 1. The van der Waals surface area contributed by atoms with Crippen LogP contribution in [0, 0.1) is 0 Å². The van der Waals surface area contributed by atoms with Crippen LogP contribution in [0.3, 0.4) is 0 Å². The first-order chi connectivity index (χ1) is 17.7. The van der Waals surface area contributed by atoms with E-state index in [1.807, 2.05) is 39.0 Å². The van der Waals surface area contributed by atoms with E-state index >= 15 is 0 Å². The molecule has 0 spiro atoms. The average molecular weight is 528 g/mol. The summed E-state index contributed by atoms with van der Waals surface area (Å²) in [7, 11) is 0. The molecule has 0 radical (unpaired) electrons. The Bertz CT molecular complexity index is 1340. The largest absolute Gasteiger partial charge is 0.480 e. The Morgan fingerprint density at radius 2 is 2.05 bits per heavy atom. The van der Waals surface area contributed by atoms with Crippen LogP contribution in [-0.2, 0) is 9.53 Å². The molecule has 0 saturated carbocycles. The van der Waals surface area contributed by atoms with Crippen LogP contribution in [0.5, 0.6) is 5.75 Å². The van der Waals surface area contributed by atoms with Crippen LogP contribution >= 0.6 is 11.6 Å². The van der Waals surface area contributed by atoms with Gasteiger partial charge in [0.2, 0.25) is 5.95 Å². The van der Waals surface area contributed by atoms with Crippen molar-refractivity contribution in [2.45, 2.75) is 65.7 Å². The molecule has 0 bridgehead atoms. The minimum Gasteiger partial charge on any atom is -0.480 e. The fourth-order valence-electron chi connectivity index (χ4n) is 4.44. The van der Waals surface area contributed by atoms with Crippen LogP contribution in [0.1, 0.15) is 53.5 Å². The molecule has 10 heteroatoms. The topological polar surface area (TPSA) is 98.6 Å². The molecular weight excluding hydrogens is 494 g/mol. The van der Waals surface area contributed by atoms with Crippen LogP contribution in [-0.4, -0.2) is 52.2 Å². The van der Waals surface area contributed by atoms with E-state index in [0.717, 1.165) is 23.0 Å². The molecule has 1 aliphatic heterocycles. The number of anilines is 3. The molecule has 1 aromatic carbocycles. The number of nitrogens with zero attached hydrogens (tertiary/aromatic N) is 4. The Hall–Kier alpha value is -3.17. The molecular formula is C27H34ClN5O4. The molecule has 0 aliphatic carbocycles. The maximum atomic E-state index is 13.1. The Morgan fingerprint density at radius 3 is 2.76 bits per heavy atom. The molecule has 1 N–H and O–H groups in total. The Labute approximate surface area is 221 Å². The summed E-state index contributed by atoms with van der Waals surface area (Å²) in [5.41, 5.74) is 1.24. The summed E-state index contributed by atoms with van der Waals surface area (Å²) in [4.78, 5) is 36.1. The molecule has 198 valence electrons. The van der Waals surface area contributed by atoms with Crippen molar-refractivity contribution in [3.05, 3.63) is 45.8 Å². The Morgan fingerprint density at radius 1 is 1.27 bits per heavy atom. The zero-order chi connectivity index (χ0) is 26.7. The molecule has 2 aromatic heterocycles. The first-order valence-electron chi connectivity index (χ1n) is 12.7. The minimum absolute atomic E-state index is 0.0693. The van der Waals surface area contributed by atoms with Crippen LogP contribution < -0.4 is 20.5 Å². The average Bonchev–Trinajstić information content (AvgIpc) is 2.87. The lowest BCUT2D eigenvalue weighted by molar-refractivity contribution is -0.120. The number of rotatable bonds is 9. The number of morpholine rings is 1. The van der Waals surface area contributed by atoms with Gasteiger partial charge in [0.15, 0.2) is 17.4 Å². The molecule has 4 rings (SSSR count). The summed E-state index contributed by atoms with van der Waals surface area (Å²) < 4.78 is 13.3. The van der Waals surface area contributed by atoms with E-state index in [0.29, 0.717) is 36.3 Å². The lowest BCUT2D eigenvalue weighted by Crippen LogP contribution is -2.47. The van der Waals surface area contributed by atoms with Gasteiger partial charge in [-0.25, -0.2) is 4.98 Å². The number of Topliss-reactive ketones (excluding diaryl/α,β-unsaturated/α-hetero) is 1. The van der Waals surface area contributed by atoms with E-state index in [-0.39, 0.29) is 41.9 Å². The second-order valence-electron chi connectivity index (χ2n) is 9.61. The molecule has 0 amide bonds. The van der Waals surface area contributed by atoms with Crippen LogP contribution in [0.4, 0.5) is 17.5 Å². The SMILES string of the molecule is CCC(=O)COc1cc2cc(Nc3nc(N4CC(CC)O[C@@H](C)C4)ncc3Cl)ccc2n(C(C)C)c1=O. The van der Waals surface area contributed by atoms with Gasteiger partial charge < -0.3 is 24.3 Å². The van der Waals surface area contributed by atoms with Gasteiger partial charge in [0, 0.05) is 36.6 Å². The molecule has 9 nitrogen and oxygen atoms in total. The zero-order valence-electron chi connectivity index (χ0n) is 22.0. The van der Waals surface area contributed by atoms with Crippen LogP contribution in [0.25, 0.3) is 10.9 Å². The number of ether oxygens (including phenoxy) is 2. The van der Waals surface area contributed by atoms with Gasteiger partial charge in [-0.15, -0.1) is 0 Å².